The van der Waals surface area contributed by atoms with Gasteiger partial charge in [-0.1, -0.05) is 11.6 Å². The van der Waals surface area contributed by atoms with Gasteiger partial charge in [-0.3, -0.25) is 4.79 Å². The Balaban J connectivity index is 0.000000270. The maximum atomic E-state index is 10.1. The minimum atomic E-state index is -0.371. The molecule has 21 heavy (non-hydrogen) atoms. The molecule has 2 heterocycles. The van der Waals surface area contributed by atoms with E-state index in [0.29, 0.717) is 17.4 Å². The fourth-order valence-corrected chi connectivity index (χ4v) is 3.28. The van der Waals surface area contributed by atoms with E-state index in [1.165, 1.54) is 0 Å². The molecule has 2 N–H and O–H groups in total. The molecular weight excluding hydrogens is 310 g/mol. The van der Waals surface area contributed by atoms with Crippen molar-refractivity contribution in [2.45, 2.75) is 45.3 Å². The van der Waals surface area contributed by atoms with Crippen LogP contribution >= 0.6 is 22.9 Å². The first-order valence-corrected chi connectivity index (χ1v) is 8.34. The lowest BCUT2D eigenvalue weighted by molar-refractivity contribution is -0.138. The van der Waals surface area contributed by atoms with Crippen molar-refractivity contribution in [3.8, 4) is 0 Å². The van der Waals surface area contributed by atoms with Gasteiger partial charge in [-0.25, -0.2) is 0 Å². The summed E-state index contributed by atoms with van der Waals surface area (Å²) in [6.07, 6.45) is 1.70. The predicted octanol–water partition coefficient (Wildman–Crippen LogP) is 3.39. The summed E-state index contributed by atoms with van der Waals surface area (Å²) in [5, 5.41) is 16.0. The van der Waals surface area contributed by atoms with Crippen LogP contribution in [0.15, 0.2) is 11.4 Å². The largest absolute Gasteiger partial charge is 0.462 e. The first kappa shape index (κ1) is 18.4. The first-order chi connectivity index (χ1) is 9.85. The van der Waals surface area contributed by atoms with Gasteiger partial charge in [-0.05, 0) is 64.1 Å². The van der Waals surface area contributed by atoms with E-state index in [0.717, 1.165) is 30.8 Å². The summed E-state index contributed by atoms with van der Waals surface area (Å²) in [5.41, 5.74) is -0.318. The lowest BCUT2D eigenvalue weighted by Crippen LogP contribution is -2.30. The zero-order valence-corrected chi connectivity index (χ0v) is 14.3. The molecule has 1 aromatic rings. The molecular formula is C15H24ClNO3S. The SMILES string of the molecule is CC(C)(C)OC=O.OC(c1sccc1Cl)C1CCNCC1. The van der Waals surface area contributed by atoms with E-state index in [1.807, 2.05) is 32.2 Å². The Morgan fingerprint density at radius 3 is 2.48 bits per heavy atom. The van der Waals surface area contributed by atoms with Crippen molar-refractivity contribution in [3.63, 3.8) is 0 Å². The van der Waals surface area contributed by atoms with Crippen molar-refractivity contribution in [3.05, 3.63) is 21.3 Å². The highest BCUT2D eigenvalue weighted by Crippen LogP contribution is 2.36. The summed E-state index contributed by atoms with van der Waals surface area (Å²) >= 11 is 7.54. The van der Waals surface area contributed by atoms with Crippen LogP contribution in [0.25, 0.3) is 0 Å². The molecule has 0 amide bonds. The lowest BCUT2D eigenvalue weighted by atomic mass is 9.91. The number of rotatable bonds is 3. The molecule has 0 aromatic carbocycles. The van der Waals surface area contributed by atoms with Crippen molar-refractivity contribution in [2.75, 3.05) is 13.1 Å². The Morgan fingerprint density at radius 1 is 1.48 bits per heavy atom. The second-order valence-corrected chi connectivity index (χ2v) is 7.35. The maximum Gasteiger partial charge on any atom is 0.293 e. The third-order valence-electron chi connectivity index (χ3n) is 3.15. The van der Waals surface area contributed by atoms with Crippen LogP contribution in [0.3, 0.4) is 0 Å². The van der Waals surface area contributed by atoms with Crippen LogP contribution < -0.4 is 5.32 Å². The van der Waals surface area contributed by atoms with Crippen LogP contribution in [0, 0.1) is 5.92 Å². The number of piperidine rings is 1. The van der Waals surface area contributed by atoms with Gasteiger partial charge >= 0.3 is 0 Å². The standard InChI is InChI=1S/C10H14ClNOS.C5H10O2/c11-8-3-6-14-10(8)9(13)7-1-4-12-5-2-7;1-5(2,3)7-4-6/h3,6-7,9,12-13H,1-2,4-5H2;4H,1-3H3. The van der Waals surface area contributed by atoms with E-state index in [4.69, 9.17) is 11.6 Å². The van der Waals surface area contributed by atoms with Crippen LogP contribution in [-0.2, 0) is 9.53 Å². The zero-order chi connectivity index (χ0) is 15.9. The highest BCUT2D eigenvalue weighted by atomic mass is 35.5. The highest BCUT2D eigenvalue weighted by molar-refractivity contribution is 7.10. The molecule has 1 aromatic heterocycles. The van der Waals surface area contributed by atoms with E-state index in [-0.39, 0.29) is 11.7 Å². The van der Waals surface area contributed by atoms with Gasteiger partial charge in [0.25, 0.3) is 6.47 Å². The van der Waals surface area contributed by atoms with Crippen molar-refractivity contribution >= 4 is 29.4 Å². The molecule has 0 radical (unpaired) electrons. The zero-order valence-electron chi connectivity index (χ0n) is 12.8. The minimum Gasteiger partial charge on any atom is -0.462 e. The molecule has 1 aliphatic rings. The number of ether oxygens (including phenoxy) is 1. The van der Waals surface area contributed by atoms with Crippen LogP contribution in [0.2, 0.25) is 5.02 Å². The van der Waals surface area contributed by atoms with Gasteiger partial charge in [0.2, 0.25) is 0 Å². The lowest BCUT2D eigenvalue weighted by Gasteiger charge is -2.26. The molecule has 120 valence electrons. The van der Waals surface area contributed by atoms with E-state index >= 15 is 0 Å². The fraction of sp³-hybridized carbons (Fsp3) is 0.667. The Morgan fingerprint density at radius 2 is 2.10 bits per heavy atom. The smallest absolute Gasteiger partial charge is 0.293 e. The minimum absolute atomic E-state index is 0.318. The molecule has 1 saturated heterocycles. The number of carbonyl (C=O) groups excluding carboxylic acids is 1. The molecule has 0 aliphatic carbocycles. The van der Waals surface area contributed by atoms with Crippen LogP contribution in [0.5, 0.6) is 0 Å². The van der Waals surface area contributed by atoms with Crippen molar-refractivity contribution in [2.24, 2.45) is 5.92 Å². The number of hydrogen-bond acceptors (Lipinski definition) is 5. The molecule has 1 atom stereocenters. The number of aliphatic hydroxyl groups is 1. The quantitative estimate of drug-likeness (QED) is 0.832. The Bertz CT molecular complexity index is 425. The van der Waals surface area contributed by atoms with Gasteiger partial charge in [-0.15, -0.1) is 11.3 Å². The topological polar surface area (TPSA) is 58.6 Å². The van der Waals surface area contributed by atoms with Gasteiger partial charge in [0.15, 0.2) is 0 Å². The van der Waals surface area contributed by atoms with E-state index in [1.54, 1.807) is 11.3 Å². The van der Waals surface area contributed by atoms with Gasteiger partial charge in [-0.2, -0.15) is 0 Å². The number of halogens is 1. The van der Waals surface area contributed by atoms with Crippen molar-refractivity contribution < 1.29 is 14.6 Å². The summed E-state index contributed by atoms with van der Waals surface area (Å²) < 4.78 is 4.55. The van der Waals surface area contributed by atoms with Gasteiger partial charge in [0.05, 0.1) is 16.0 Å². The van der Waals surface area contributed by atoms with Gasteiger partial charge in [0.1, 0.15) is 5.60 Å². The number of hydrogen-bond donors (Lipinski definition) is 2. The summed E-state index contributed by atoms with van der Waals surface area (Å²) in [5.74, 6) is 0.368. The van der Waals surface area contributed by atoms with Gasteiger partial charge in [0, 0.05) is 0 Å². The Labute approximate surface area is 135 Å². The summed E-state index contributed by atoms with van der Waals surface area (Å²) in [6, 6.07) is 1.85. The second-order valence-electron chi connectivity index (χ2n) is 5.99. The molecule has 1 fully saturated rings. The third kappa shape index (κ3) is 6.78. The van der Waals surface area contributed by atoms with Crippen LogP contribution in [0.1, 0.15) is 44.6 Å². The van der Waals surface area contributed by atoms with Crippen molar-refractivity contribution in [1.82, 2.24) is 5.32 Å². The Hall–Kier alpha value is -0.620. The highest BCUT2D eigenvalue weighted by Gasteiger charge is 2.25. The molecule has 4 nitrogen and oxygen atoms in total. The molecule has 1 unspecified atom stereocenters. The molecule has 0 bridgehead atoms. The van der Waals surface area contributed by atoms with Crippen LogP contribution in [-0.4, -0.2) is 30.3 Å². The molecule has 1 aliphatic heterocycles. The molecule has 0 saturated carbocycles. The predicted molar refractivity (Wildman–Crippen MR) is 86.8 cm³/mol. The van der Waals surface area contributed by atoms with Crippen molar-refractivity contribution in [1.29, 1.82) is 0 Å². The first-order valence-electron chi connectivity index (χ1n) is 7.08. The number of aliphatic hydroxyl groups excluding tert-OH is 1. The van der Waals surface area contributed by atoms with E-state index in [2.05, 4.69) is 10.1 Å². The number of carbonyl (C=O) groups is 1. The number of nitrogens with one attached hydrogen (secondary N) is 1. The average Bonchev–Trinajstić information content (AvgIpc) is 2.84. The van der Waals surface area contributed by atoms with Crippen LogP contribution in [0.4, 0.5) is 0 Å². The Kier molecular flexibility index (Phi) is 7.66. The second kappa shape index (κ2) is 8.73. The molecule has 6 heteroatoms. The average molecular weight is 334 g/mol. The summed E-state index contributed by atoms with van der Waals surface area (Å²) in [6.45, 7) is 7.93. The van der Waals surface area contributed by atoms with E-state index in [9.17, 15) is 9.90 Å². The third-order valence-corrected chi connectivity index (χ3v) is 4.57. The van der Waals surface area contributed by atoms with E-state index < -0.39 is 0 Å². The number of thiophene rings is 1. The fourth-order valence-electron chi connectivity index (χ4n) is 2.03. The monoisotopic (exact) mass is 333 g/mol. The summed E-state index contributed by atoms with van der Waals surface area (Å²) in [4.78, 5) is 10.5. The molecule has 0 spiro atoms. The normalized spacial score (nSPS) is 17.6. The van der Waals surface area contributed by atoms with Gasteiger partial charge < -0.3 is 15.2 Å². The molecule has 2 rings (SSSR count). The maximum absolute atomic E-state index is 10.1. The summed E-state index contributed by atoms with van der Waals surface area (Å²) in [7, 11) is 0.